The summed E-state index contributed by atoms with van der Waals surface area (Å²) in [5.74, 6) is 0.136. The summed E-state index contributed by atoms with van der Waals surface area (Å²) in [4.78, 5) is 41.7. The van der Waals surface area contributed by atoms with Crippen molar-refractivity contribution < 1.29 is 9.59 Å². The lowest BCUT2D eigenvalue weighted by molar-refractivity contribution is -0.120. The number of carbonyl (C=O) groups excluding carboxylic acids is 2. The predicted octanol–water partition coefficient (Wildman–Crippen LogP) is 3.51. The van der Waals surface area contributed by atoms with Gasteiger partial charge in [-0.05, 0) is 61.2 Å². The lowest BCUT2D eigenvalue weighted by atomic mass is 9.99. The summed E-state index contributed by atoms with van der Waals surface area (Å²) in [5.41, 5.74) is 5.56. The van der Waals surface area contributed by atoms with Crippen molar-refractivity contribution in [2.75, 3.05) is 36.0 Å². The normalized spacial score (nSPS) is 16.6. The van der Waals surface area contributed by atoms with Crippen LogP contribution in [0.1, 0.15) is 22.3 Å². The Morgan fingerprint density at radius 2 is 1.44 bits per heavy atom. The van der Waals surface area contributed by atoms with E-state index in [2.05, 4.69) is 14.9 Å². The highest BCUT2D eigenvalue weighted by Crippen LogP contribution is 2.36. The molecule has 7 heteroatoms. The number of nitrogens with zero attached hydrogens (tertiary/aromatic N) is 5. The van der Waals surface area contributed by atoms with Gasteiger partial charge in [0.1, 0.15) is 5.70 Å². The van der Waals surface area contributed by atoms with Crippen molar-refractivity contribution >= 4 is 29.0 Å². The fourth-order valence-electron chi connectivity index (χ4n) is 4.55. The van der Waals surface area contributed by atoms with Crippen LogP contribution in [0.2, 0.25) is 0 Å². The molecule has 0 bridgehead atoms. The van der Waals surface area contributed by atoms with Gasteiger partial charge in [0.05, 0.1) is 11.3 Å². The van der Waals surface area contributed by atoms with Crippen LogP contribution in [0.15, 0.2) is 66.6 Å². The number of anilines is 2. The van der Waals surface area contributed by atoms with E-state index in [1.807, 2.05) is 68.1 Å². The van der Waals surface area contributed by atoms with Crippen molar-refractivity contribution in [3.63, 3.8) is 0 Å². The molecule has 2 aliphatic heterocycles. The van der Waals surface area contributed by atoms with Gasteiger partial charge in [-0.25, -0.2) is 14.9 Å². The maximum atomic E-state index is 13.8. The second-order valence-corrected chi connectivity index (χ2v) is 8.83. The van der Waals surface area contributed by atoms with Gasteiger partial charge in [-0.2, -0.15) is 0 Å². The van der Waals surface area contributed by atoms with Crippen LogP contribution in [0.4, 0.5) is 11.6 Å². The third kappa shape index (κ3) is 3.83. The molecular formula is C27H27N5O2. The Hall–Kier alpha value is -4.00. The minimum atomic E-state index is -0.275. The van der Waals surface area contributed by atoms with E-state index < -0.39 is 0 Å². The Bertz CT molecular complexity index is 1290. The summed E-state index contributed by atoms with van der Waals surface area (Å²) < 4.78 is 0. The first-order chi connectivity index (χ1) is 16.4. The maximum absolute atomic E-state index is 13.8. The minimum Gasteiger partial charge on any atom is -0.363 e. The SMILES string of the molecule is Cc1cccc(N2C(=O)C(c3ccc(C)c(C)c3)=C(N3CCN(c4ncccn4)CC3)C2=O)c1. The first-order valence-electron chi connectivity index (χ1n) is 11.5. The fraction of sp³-hybridized carbons (Fsp3) is 0.259. The van der Waals surface area contributed by atoms with Gasteiger partial charge in [0.15, 0.2) is 0 Å². The number of aryl methyl sites for hydroxylation is 3. The molecule has 1 saturated heterocycles. The van der Waals surface area contributed by atoms with E-state index in [9.17, 15) is 9.59 Å². The molecule has 1 fully saturated rings. The molecule has 3 aromatic rings. The molecule has 1 aromatic heterocycles. The van der Waals surface area contributed by atoms with Crippen molar-refractivity contribution in [3.05, 3.63) is 88.9 Å². The smallest absolute Gasteiger partial charge is 0.282 e. The number of piperazine rings is 1. The highest BCUT2D eigenvalue weighted by atomic mass is 16.2. The Morgan fingerprint density at radius 1 is 0.735 bits per heavy atom. The monoisotopic (exact) mass is 453 g/mol. The summed E-state index contributed by atoms with van der Waals surface area (Å²) in [6.07, 6.45) is 3.46. The number of hydrogen-bond acceptors (Lipinski definition) is 6. The number of amides is 2. The van der Waals surface area contributed by atoms with Gasteiger partial charge < -0.3 is 9.80 Å². The van der Waals surface area contributed by atoms with Crippen LogP contribution < -0.4 is 9.80 Å². The van der Waals surface area contributed by atoms with Crippen molar-refractivity contribution in [2.24, 2.45) is 0 Å². The van der Waals surface area contributed by atoms with E-state index in [0.29, 0.717) is 49.1 Å². The molecule has 2 aliphatic rings. The molecule has 34 heavy (non-hydrogen) atoms. The van der Waals surface area contributed by atoms with E-state index in [1.54, 1.807) is 18.5 Å². The minimum absolute atomic E-state index is 0.270. The van der Waals surface area contributed by atoms with E-state index in [-0.39, 0.29) is 11.8 Å². The van der Waals surface area contributed by atoms with Gasteiger partial charge in [-0.15, -0.1) is 0 Å². The Labute approximate surface area is 199 Å². The molecule has 0 unspecified atom stereocenters. The zero-order valence-electron chi connectivity index (χ0n) is 19.7. The maximum Gasteiger partial charge on any atom is 0.282 e. The largest absolute Gasteiger partial charge is 0.363 e. The van der Waals surface area contributed by atoms with E-state index in [1.165, 1.54) is 4.90 Å². The quantitative estimate of drug-likeness (QED) is 0.563. The molecule has 2 amide bonds. The summed E-state index contributed by atoms with van der Waals surface area (Å²) in [7, 11) is 0. The Kier molecular flexibility index (Phi) is 5.61. The van der Waals surface area contributed by atoms with Crippen LogP contribution in [0.25, 0.3) is 5.57 Å². The fourth-order valence-corrected chi connectivity index (χ4v) is 4.55. The first kappa shape index (κ1) is 21.8. The summed E-state index contributed by atoms with van der Waals surface area (Å²) >= 11 is 0. The van der Waals surface area contributed by atoms with E-state index in [0.717, 1.165) is 22.3 Å². The molecule has 5 rings (SSSR count). The molecule has 172 valence electrons. The summed E-state index contributed by atoms with van der Waals surface area (Å²) in [6, 6.07) is 15.3. The average Bonchev–Trinajstić information content (AvgIpc) is 3.11. The lowest BCUT2D eigenvalue weighted by Gasteiger charge is -2.36. The van der Waals surface area contributed by atoms with E-state index >= 15 is 0 Å². The first-order valence-corrected chi connectivity index (χ1v) is 11.5. The number of benzene rings is 2. The number of hydrogen-bond donors (Lipinski definition) is 0. The lowest BCUT2D eigenvalue weighted by Crippen LogP contribution is -2.48. The molecule has 2 aromatic carbocycles. The van der Waals surface area contributed by atoms with Crippen molar-refractivity contribution in [2.45, 2.75) is 20.8 Å². The molecule has 0 radical (unpaired) electrons. The van der Waals surface area contributed by atoms with Gasteiger partial charge in [-0.1, -0.05) is 30.3 Å². The molecule has 0 N–H and O–H groups in total. The predicted molar refractivity (Wildman–Crippen MR) is 132 cm³/mol. The highest BCUT2D eigenvalue weighted by molar-refractivity contribution is 6.45. The van der Waals surface area contributed by atoms with Crippen LogP contribution in [-0.4, -0.2) is 52.9 Å². The second kappa shape index (κ2) is 8.74. The molecule has 0 saturated carbocycles. The van der Waals surface area contributed by atoms with Gasteiger partial charge in [0.25, 0.3) is 11.8 Å². The zero-order valence-corrected chi connectivity index (χ0v) is 19.7. The van der Waals surface area contributed by atoms with Gasteiger partial charge in [0.2, 0.25) is 5.95 Å². The molecule has 0 spiro atoms. The van der Waals surface area contributed by atoms with Crippen LogP contribution in [0, 0.1) is 20.8 Å². The van der Waals surface area contributed by atoms with Crippen LogP contribution in [0.5, 0.6) is 0 Å². The standard InChI is InChI=1S/C27H27N5O2/c1-18-6-4-7-22(16-18)32-25(33)23(21-9-8-19(2)20(3)17-21)24(26(32)34)30-12-14-31(15-13-30)27-28-10-5-11-29-27/h4-11,16-17H,12-15H2,1-3H3. The number of carbonyl (C=O) groups is 2. The topological polar surface area (TPSA) is 69.6 Å². The third-order valence-corrected chi connectivity index (χ3v) is 6.55. The van der Waals surface area contributed by atoms with Crippen LogP contribution >= 0.6 is 0 Å². The van der Waals surface area contributed by atoms with Gasteiger partial charge in [-0.3, -0.25) is 9.59 Å². The molecule has 0 atom stereocenters. The highest BCUT2D eigenvalue weighted by Gasteiger charge is 2.43. The van der Waals surface area contributed by atoms with Crippen LogP contribution in [-0.2, 0) is 9.59 Å². The second-order valence-electron chi connectivity index (χ2n) is 8.83. The summed E-state index contributed by atoms with van der Waals surface area (Å²) in [5, 5.41) is 0. The Balaban J connectivity index is 1.53. The van der Waals surface area contributed by atoms with Crippen molar-refractivity contribution in [3.8, 4) is 0 Å². The number of aromatic nitrogens is 2. The third-order valence-electron chi connectivity index (χ3n) is 6.55. The Morgan fingerprint density at radius 3 is 2.12 bits per heavy atom. The average molecular weight is 454 g/mol. The molecular weight excluding hydrogens is 426 g/mol. The van der Waals surface area contributed by atoms with Gasteiger partial charge in [0, 0.05) is 38.6 Å². The van der Waals surface area contributed by atoms with E-state index in [4.69, 9.17) is 0 Å². The summed E-state index contributed by atoms with van der Waals surface area (Å²) in [6.45, 7) is 8.56. The van der Waals surface area contributed by atoms with Gasteiger partial charge >= 0.3 is 0 Å². The van der Waals surface area contributed by atoms with Crippen molar-refractivity contribution in [1.29, 1.82) is 0 Å². The number of rotatable bonds is 4. The zero-order chi connectivity index (χ0) is 23.8. The number of imide groups is 1. The molecule has 0 aliphatic carbocycles. The molecule has 7 nitrogen and oxygen atoms in total. The van der Waals surface area contributed by atoms with Crippen LogP contribution in [0.3, 0.4) is 0 Å². The molecule has 3 heterocycles. The van der Waals surface area contributed by atoms with Crippen molar-refractivity contribution in [1.82, 2.24) is 14.9 Å².